The van der Waals surface area contributed by atoms with Crippen molar-refractivity contribution in [2.75, 3.05) is 19.0 Å². The Balaban J connectivity index is 1.70. The monoisotopic (exact) mass is 312 g/mol. The zero-order valence-corrected chi connectivity index (χ0v) is 12.5. The first-order valence-corrected chi connectivity index (χ1v) is 8.50. The fraction of sp³-hybridized carbons (Fsp3) is 0.500. The van der Waals surface area contributed by atoms with Gasteiger partial charge in [0, 0.05) is 0 Å². The third-order valence-electron chi connectivity index (χ3n) is 3.40. The summed E-state index contributed by atoms with van der Waals surface area (Å²) in [7, 11) is 0. The van der Waals surface area contributed by atoms with Crippen LogP contribution in [0.3, 0.4) is 0 Å². The van der Waals surface area contributed by atoms with E-state index in [4.69, 9.17) is 9.47 Å². The van der Waals surface area contributed by atoms with Gasteiger partial charge in [-0.05, 0) is 12.0 Å². The first kappa shape index (κ1) is 14.3. The van der Waals surface area contributed by atoms with Crippen LogP contribution in [0.5, 0.6) is 0 Å². The van der Waals surface area contributed by atoms with Crippen molar-refractivity contribution in [3.05, 3.63) is 35.9 Å². The Morgan fingerprint density at radius 2 is 2.00 bits per heavy atom. The average molecular weight is 312 g/mol. The van der Waals surface area contributed by atoms with Gasteiger partial charge >= 0.3 is 5.97 Å². The molecule has 0 radical (unpaired) electrons. The number of rotatable bonds is 3. The Morgan fingerprint density at radius 3 is 2.65 bits per heavy atom. The minimum atomic E-state index is -0.936. The van der Waals surface area contributed by atoms with E-state index in [2.05, 4.69) is 12.1 Å². The van der Waals surface area contributed by atoms with Gasteiger partial charge < -0.3 is 14.6 Å². The number of hydrogen-bond donors (Lipinski definition) is 1. The van der Waals surface area contributed by atoms with Crippen molar-refractivity contribution < 1.29 is 19.4 Å². The second kappa shape index (κ2) is 5.97. The van der Waals surface area contributed by atoms with E-state index in [1.54, 1.807) is 11.8 Å². The molecule has 0 aliphatic carbocycles. The van der Waals surface area contributed by atoms with Crippen LogP contribution < -0.4 is 0 Å². The number of carboxylic acids is 1. The molecule has 2 unspecified atom stereocenters. The van der Waals surface area contributed by atoms with Crippen LogP contribution in [-0.2, 0) is 20.7 Å². The molecule has 2 saturated heterocycles. The highest BCUT2D eigenvalue weighted by atomic mass is 32.2. The molecule has 2 atom stereocenters. The van der Waals surface area contributed by atoms with Gasteiger partial charge in [0.2, 0.25) is 0 Å². The minimum absolute atomic E-state index is 0.219. The van der Waals surface area contributed by atoms with Gasteiger partial charge in [0.1, 0.15) is 0 Å². The molecule has 1 spiro atoms. The molecule has 2 fully saturated rings. The maximum Gasteiger partial charge on any atom is 0.322 e. The van der Waals surface area contributed by atoms with Crippen LogP contribution in [-0.4, -0.2) is 45.7 Å². The largest absolute Gasteiger partial charge is 0.480 e. The lowest BCUT2D eigenvalue weighted by Crippen LogP contribution is -2.52. The molecular weight excluding hydrogens is 296 g/mol. The number of aliphatic carboxylic acids is 1. The molecule has 1 N–H and O–H groups in total. The van der Waals surface area contributed by atoms with Crippen molar-refractivity contribution in [1.29, 1.82) is 0 Å². The minimum Gasteiger partial charge on any atom is -0.480 e. The van der Waals surface area contributed by atoms with Crippen molar-refractivity contribution in [2.24, 2.45) is 0 Å². The van der Waals surface area contributed by atoms with Gasteiger partial charge in [-0.2, -0.15) is 0 Å². The van der Waals surface area contributed by atoms with E-state index >= 15 is 0 Å². The highest BCUT2D eigenvalue weighted by Crippen LogP contribution is 2.46. The molecule has 2 heterocycles. The summed E-state index contributed by atoms with van der Waals surface area (Å²) < 4.78 is 11.4. The summed E-state index contributed by atoms with van der Waals surface area (Å²) in [6.07, 6.45) is 0.857. The third kappa shape index (κ3) is 2.83. The molecule has 0 bridgehead atoms. The Bertz CT molecular complexity index is 473. The second-order valence-corrected chi connectivity index (χ2v) is 7.60. The number of carboxylic acid groups (broad SMARTS) is 1. The molecule has 0 amide bonds. The van der Waals surface area contributed by atoms with E-state index in [9.17, 15) is 9.90 Å². The summed E-state index contributed by atoms with van der Waals surface area (Å²) in [4.78, 5) is 11.5. The van der Waals surface area contributed by atoms with Crippen molar-refractivity contribution >= 4 is 29.5 Å². The summed E-state index contributed by atoms with van der Waals surface area (Å²) in [6.45, 7) is 0.961. The maximum absolute atomic E-state index is 11.5. The molecule has 0 aromatic heterocycles. The Kier molecular flexibility index (Phi) is 4.26. The summed E-state index contributed by atoms with van der Waals surface area (Å²) in [5.41, 5.74) is 1.23. The van der Waals surface area contributed by atoms with Crippen LogP contribution in [0.15, 0.2) is 30.3 Å². The van der Waals surface area contributed by atoms with E-state index in [-0.39, 0.29) is 4.58 Å². The maximum atomic E-state index is 11.5. The topological polar surface area (TPSA) is 55.8 Å². The molecule has 1 aromatic rings. The fourth-order valence-corrected chi connectivity index (χ4v) is 5.60. The Morgan fingerprint density at radius 1 is 1.30 bits per heavy atom. The first-order chi connectivity index (χ1) is 9.70. The van der Waals surface area contributed by atoms with E-state index in [0.717, 1.165) is 6.42 Å². The summed E-state index contributed by atoms with van der Waals surface area (Å²) in [6, 6.07) is 10.1. The Hall–Kier alpha value is -0.690. The number of ether oxygens (including phenoxy) is 2. The molecule has 4 nitrogen and oxygen atoms in total. The summed E-state index contributed by atoms with van der Waals surface area (Å²) >= 11 is 3.17. The molecule has 1 aromatic carbocycles. The van der Waals surface area contributed by atoms with Gasteiger partial charge in [-0.1, -0.05) is 30.3 Å². The smallest absolute Gasteiger partial charge is 0.322 e. The molecule has 2 aliphatic rings. The molecule has 6 heteroatoms. The van der Waals surface area contributed by atoms with Crippen LogP contribution in [0.2, 0.25) is 0 Å². The lowest BCUT2D eigenvalue weighted by atomic mass is 10.2. The average Bonchev–Trinajstić information content (AvgIpc) is 2.91. The first-order valence-electron chi connectivity index (χ1n) is 6.51. The van der Waals surface area contributed by atoms with E-state index in [0.29, 0.717) is 19.0 Å². The van der Waals surface area contributed by atoms with Gasteiger partial charge in [-0.15, -0.1) is 23.5 Å². The zero-order chi connectivity index (χ0) is 14.0. The van der Waals surface area contributed by atoms with Crippen LogP contribution in [0.1, 0.15) is 5.56 Å². The van der Waals surface area contributed by atoms with E-state index in [1.165, 1.54) is 17.3 Å². The van der Waals surface area contributed by atoms with Crippen LogP contribution >= 0.6 is 23.5 Å². The number of carbonyl (C=O) groups is 1. The number of benzene rings is 1. The van der Waals surface area contributed by atoms with Gasteiger partial charge in [0.15, 0.2) is 11.0 Å². The van der Waals surface area contributed by atoms with Crippen LogP contribution in [0.4, 0.5) is 0 Å². The summed E-state index contributed by atoms with van der Waals surface area (Å²) in [5, 5.41) is 8.80. The van der Waals surface area contributed by atoms with Gasteiger partial charge in [0.05, 0.1) is 23.5 Å². The van der Waals surface area contributed by atoms with Gasteiger partial charge in [-0.25, -0.2) is 0 Å². The molecule has 2 aliphatic heterocycles. The SMILES string of the molecule is O=C(O)C1SC(Cc2ccccc2)SCC12OCCO2. The number of thioether (sulfide) groups is 2. The van der Waals surface area contributed by atoms with E-state index < -0.39 is 17.0 Å². The lowest BCUT2D eigenvalue weighted by Gasteiger charge is -2.39. The predicted molar refractivity (Wildman–Crippen MR) is 80.0 cm³/mol. The van der Waals surface area contributed by atoms with Gasteiger partial charge in [0.25, 0.3) is 0 Å². The highest BCUT2D eigenvalue weighted by Gasteiger charge is 2.53. The van der Waals surface area contributed by atoms with E-state index in [1.807, 2.05) is 18.2 Å². The quantitative estimate of drug-likeness (QED) is 0.924. The van der Waals surface area contributed by atoms with Crippen LogP contribution in [0, 0.1) is 0 Å². The van der Waals surface area contributed by atoms with Crippen molar-refractivity contribution in [3.63, 3.8) is 0 Å². The summed E-state index contributed by atoms with van der Waals surface area (Å²) in [5.74, 6) is -1.21. The lowest BCUT2D eigenvalue weighted by molar-refractivity contribution is -0.165. The fourth-order valence-electron chi connectivity index (χ4n) is 2.44. The standard InChI is InChI=1S/C14H16O4S2/c15-13(16)12-14(17-6-7-18-14)9-19-11(20-12)8-10-4-2-1-3-5-10/h1-5,11-12H,6-9H2,(H,15,16). The zero-order valence-electron chi connectivity index (χ0n) is 10.9. The van der Waals surface area contributed by atoms with Crippen molar-refractivity contribution in [3.8, 4) is 0 Å². The van der Waals surface area contributed by atoms with Crippen molar-refractivity contribution in [1.82, 2.24) is 0 Å². The van der Waals surface area contributed by atoms with Gasteiger partial charge in [-0.3, -0.25) is 4.79 Å². The highest BCUT2D eigenvalue weighted by molar-refractivity contribution is 8.18. The molecule has 108 valence electrons. The normalized spacial score (nSPS) is 28.6. The molecule has 0 saturated carbocycles. The Labute approximate surface area is 126 Å². The molecular formula is C14H16O4S2. The molecule has 3 rings (SSSR count). The third-order valence-corrected chi connectivity index (χ3v) is 6.56. The second-order valence-electron chi connectivity index (χ2n) is 4.79. The van der Waals surface area contributed by atoms with Crippen molar-refractivity contribution in [2.45, 2.75) is 22.0 Å². The van der Waals surface area contributed by atoms with Crippen LogP contribution in [0.25, 0.3) is 0 Å². The number of hydrogen-bond acceptors (Lipinski definition) is 5. The molecule has 20 heavy (non-hydrogen) atoms. The predicted octanol–water partition coefficient (Wildman–Crippen LogP) is 2.23.